The van der Waals surface area contributed by atoms with Crippen molar-refractivity contribution in [1.82, 2.24) is 0 Å². The van der Waals surface area contributed by atoms with Crippen LogP contribution in [0.25, 0.3) is 0 Å². The monoisotopic (exact) mass is 138 g/mol. The topological polar surface area (TPSA) is 0 Å². The molecule has 1 aliphatic carbocycles. The van der Waals surface area contributed by atoms with Gasteiger partial charge in [0.1, 0.15) is 0 Å². The molecular weight excluding hydrogens is 120 g/mol. The van der Waals surface area contributed by atoms with Gasteiger partial charge in [-0.15, -0.1) is 0 Å². The number of allylic oxidation sites excluding steroid dienone is 2. The molecule has 0 heterocycles. The highest BCUT2D eigenvalue weighted by Crippen LogP contribution is 2.34. The van der Waals surface area contributed by atoms with Crippen LogP contribution in [0.3, 0.4) is 0 Å². The second-order valence-electron chi connectivity index (χ2n) is 3.52. The van der Waals surface area contributed by atoms with Gasteiger partial charge in [-0.2, -0.15) is 0 Å². The number of rotatable bonds is 4. The van der Waals surface area contributed by atoms with Gasteiger partial charge in [-0.25, -0.2) is 0 Å². The molecule has 0 aromatic heterocycles. The molecule has 1 atom stereocenters. The van der Waals surface area contributed by atoms with E-state index < -0.39 is 0 Å². The molecule has 1 saturated carbocycles. The van der Waals surface area contributed by atoms with Crippen molar-refractivity contribution in [2.45, 2.75) is 39.5 Å². The first-order valence-corrected chi connectivity index (χ1v) is 4.45. The van der Waals surface area contributed by atoms with Gasteiger partial charge in [-0.3, -0.25) is 0 Å². The van der Waals surface area contributed by atoms with Crippen molar-refractivity contribution in [3.05, 3.63) is 12.2 Å². The van der Waals surface area contributed by atoms with Crippen LogP contribution < -0.4 is 0 Å². The second kappa shape index (κ2) is 3.80. The van der Waals surface area contributed by atoms with Gasteiger partial charge in [0.25, 0.3) is 0 Å². The Bertz CT molecular complexity index is 109. The van der Waals surface area contributed by atoms with Gasteiger partial charge in [0.15, 0.2) is 0 Å². The summed E-state index contributed by atoms with van der Waals surface area (Å²) in [5.41, 5.74) is 0. The summed E-state index contributed by atoms with van der Waals surface area (Å²) in [6, 6.07) is 0. The van der Waals surface area contributed by atoms with Gasteiger partial charge in [-0.1, -0.05) is 31.9 Å². The van der Waals surface area contributed by atoms with Gasteiger partial charge in [0.2, 0.25) is 0 Å². The Balaban J connectivity index is 1.99. The van der Waals surface area contributed by atoms with Crippen molar-refractivity contribution < 1.29 is 0 Å². The molecule has 0 radical (unpaired) electrons. The van der Waals surface area contributed by atoms with Gasteiger partial charge >= 0.3 is 0 Å². The molecule has 0 spiro atoms. The molecule has 0 N–H and O–H groups in total. The molecule has 1 fully saturated rings. The molecule has 1 aliphatic rings. The van der Waals surface area contributed by atoms with E-state index in [1.54, 1.807) is 0 Å². The highest BCUT2D eigenvalue weighted by molar-refractivity contribution is 4.84. The minimum Gasteiger partial charge on any atom is -0.0914 e. The van der Waals surface area contributed by atoms with E-state index in [4.69, 9.17) is 0 Å². The van der Waals surface area contributed by atoms with Crippen LogP contribution in [0.15, 0.2) is 12.2 Å². The Morgan fingerprint density at radius 1 is 1.50 bits per heavy atom. The lowest BCUT2D eigenvalue weighted by Gasteiger charge is -2.03. The van der Waals surface area contributed by atoms with Crippen LogP contribution in [0.5, 0.6) is 0 Å². The molecule has 0 bridgehead atoms. The zero-order chi connectivity index (χ0) is 7.40. The van der Waals surface area contributed by atoms with Crippen molar-refractivity contribution >= 4 is 0 Å². The third-order valence-corrected chi connectivity index (χ3v) is 2.25. The van der Waals surface area contributed by atoms with E-state index in [1.165, 1.54) is 25.7 Å². The lowest BCUT2D eigenvalue weighted by molar-refractivity contribution is 0.569. The standard InChI is InChI=1S/C10H18/c1-3-4-9(2)5-6-10-7-8-10/h3-4,9-10H,5-8H2,1-2H3. The summed E-state index contributed by atoms with van der Waals surface area (Å²) in [7, 11) is 0. The van der Waals surface area contributed by atoms with Gasteiger partial charge in [-0.05, 0) is 31.6 Å². The Morgan fingerprint density at radius 3 is 2.70 bits per heavy atom. The van der Waals surface area contributed by atoms with E-state index >= 15 is 0 Å². The summed E-state index contributed by atoms with van der Waals surface area (Å²) in [6.07, 6.45) is 10.3. The minimum atomic E-state index is 0.811. The second-order valence-corrected chi connectivity index (χ2v) is 3.52. The summed E-state index contributed by atoms with van der Waals surface area (Å²) < 4.78 is 0. The zero-order valence-electron chi connectivity index (χ0n) is 7.14. The predicted octanol–water partition coefficient (Wildman–Crippen LogP) is 3.39. The molecule has 0 amide bonds. The molecule has 10 heavy (non-hydrogen) atoms. The fourth-order valence-corrected chi connectivity index (χ4v) is 1.33. The molecule has 0 heteroatoms. The third kappa shape index (κ3) is 3.05. The quantitative estimate of drug-likeness (QED) is 0.522. The van der Waals surface area contributed by atoms with Crippen molar-refractivity contribution in [2.24, 2.45) is 11.8 Å². The molecule has 0 aromatic carbocycles. The summed E-state index contributed by atoms with van der Waals surface area (Å²) in [5, 5.41) is 0. The largest absolute Gasteiger partial charge is 0.0914 e. The number of hydrogen-bond acceptors (Lipinski definition) is 0. The predicted molar refractivity (Wildman–Crippen MR) is 45.9 cm³/mol. The van der Waals surface area contributed by atoms with Crippen LogP contribution in [0.1, 0.15) is 39.5 Å². The van der Waals surface area contributed by atoms with E-state index in [-0.39, 0.29) is 0 Å². The SMILES string of the molecule is CC=CC(C)CCC1CC1. The van der Waals surface area contributed by atoms with E-state index in [9.17, 15) is 0 Å². The molecule has 0 aromatic rings. The Labute approximate surface area is 64.3 Å². The van der Waals surface area contributed by atoms with Crippen LogP contribution in [0.2, 0.25) is 0 Å². The molecule has 1 rings (SSSR count). The fraction of sp³-hybridized carbons (Fsp3) is 0.800. The van der Waals surface area contributed by atoms with Crippen LogP contribution in [-0.2, 0) is 0 Å². The normalized spacial score (nSPS) is 21.8. The van der Waals surface area contributed by atoms with Crippen molar-refractivity contribution in [1.29, 1.82) is 0 Å². The van der Waals surface area contributed by atoms with E-state index in [0.29, 0.717) is 0 Å². The summed E-state index contributed by atoms with van der Waals surface area (Å²) >= 11 is 0. The lowest BCUT2D eigenvalue weighted by Crippen LogP contribution is -1.89. The average molecular weight is 138 g/mol. The summed E-state index contributed by atoms with van der Waals surface area (Å²) in [4.78, 5) is 0. The summed E-state index contributed by atoms with van der Waals surface area (Å²) in [5.74, 6) is 1.92. The van der Waals surface area contributed by atoms with E-state index in [2.05, 4.69) is 26.0 Å². The lowest BCUT2D eigenvalue weighted by atomic mass is 10.0. The first kappa shape index (κ1) is 7.84. The van der Waals surface area contributed by atoms with Crippen molar-refractivity contribution in [3.63, 3.8) is 0 Å². The maximum Gasteiger partial charge on any atom is -0.0262 e. The maximum atomic E-state index is 2.31. The van der Waals surface area contributed by atoms with Crippen molar-refractivity contribution in [3.8, 4) is 0 Å². The van der Waals surface area contributed by atoms with E-state index in [0.717, 1.165) is 11.8 Å². The van der Waals surface area contributed by atoms with Crippen molar-refractivity contribution in [2.75, 3.05) is 0 Å². The van der Waals surface area contributed by atoms with Gasteiger partial charge < -0.3 is 0 Å². The molecule has 1 unspecified atom stereocenters. The highest BCUT2D eigenvalue weighted by Gasteiger charge is 2.20. The first-order valence-electron chi connectivity index (χ1n) is 4.45. The number of hydrogen-bond donors (Lipinski definition) is 0. The van der Waals surface area contributed by atoms with Gasteiger partial charge in [0, 0.05) is 0 Å². The van der Waals surface area contributed by atoms with Crippen LogP contribution in [0.4, 0.5) is 0 Å². The maximum absolute atomic E-state index is 2.31. The third-order valence-electron chi connectivity index (χ3n) is 2.25. The Kier molecular flexibility index (Phi) is 2.98. The van der Waals surface area contributed by atoms with E-state index in [1.807, 2.05) is 0 Å². The molecular formula is C10H18. The van der Waals surface area contributed by atoms with Gasteiger partial charge in [0.05, 0.1) is 0 Å². The Morgan fingerprint density at radius 2 is 2.20 bits per heavy atom. The molecule has 58 valence electrons. The fourth-order valence-electron chi connectivity index (χ4n) is 1.33. The highest BCUT2D eigenvalue weighted by atomic mass is 14.3. The minimum absolute atomic E-state index is 0.811. The molecule has 0 aliphatic heterocycles. The van der Waals surface area contributed by atoms with Crippen LogP contribution in [-0.4, -0.2) is 0 Å². The smallest absolute Gasteiger partial charge is 0.0262 e. The first-order chi connectivity index (χ1) is 4.83. The molecule has 0 nitrogen and oxygen atoms in total. The zero-order valence-corrected chi connectivity index (χ0v) is 7.14. The average Bonchev–Trinajstić information content (AvgIpc) is 2.67. The van der Waals surface area contributed by atoms with Crippen LogP contribution >= 0.6 is 0 Å². The molecule has 0 saturated heterocycles. The van der Waals surface area contributed by atoms with Crippen LogP contribution in [0, 0.1) is 11.8 Å². The Hall–Kier alpha value is -0.260. The summed E-state index contributed by atoms with van der Waals surface area (Å²) in [6.45, 7) is 4.41.